The Morgan fingerprint density at radius 2 is 1.70 bits per heavy atom. The molecule has 1 N–H and O–H groups in total. The molecular formula is C24H16N2O4. The van der Waals surface area contributed by atoms with Crippen molar-refractivity contribution in [3.8, 4) is 11.5 Å². The van der Waals surface area contributed by atoms with Crippen LogP contribution in [0.4, 0.5) is 5.69 Å². The Morgan fingerprint density at radius 3 is 2.53 bits per heavy atom. The molecule has 2 aromatic heterocycles. The van der Waals surface area contributed by atoms with Crippen LogP contribution in [0.5, 0.6) is 0 Å². The molecule has 1 amide bonds. The molecule has 30 heavy (non-hydrogen) atoms. The Kier molecular flexibility index (Phi) is 4.17. The first kappa shape index (κ1) is 17.9. The molecule has 6 nitrogen and oxygen atoms in total. The molecule has 0 saturated carbocycles. The molecule has 3 aromatic carbocycles. The maximum Gasteiger partial charge on any atom is 0.349 e. The van der Waals surface area contributed by atoms with Crippen molar-refractivity contribution in [3.05, 3.63) is 94.3 Å². The van der Waals surface area contributed by atoms with Crippen LogP contribution in [0.1, 0.15) is 15.9 Å². The number of anilines is 1. The van der Waals surface area contributed by atoms with E-state index in [4.69, 9.17) is 8.83 Å². The number of oxazole rings is 1. The van der Waals surface area contributed by atoms with Gasteiger partial charge >= 0.3 is 5.63 Å². The Balaban J connectivity index is 1.40. The second kappa shape index (κ2) is 7.00. The van der Waals surface area contributed by atoms with Gasteiger partial charge in [0.25, 0.3) is 5.91 Å². The van der Waals surface area contributed by atoms with Gasteiger partial charge in [-0.25, -0.2) is 9.78 Å². The summed E-state index contributed by atoms with van der Waals surface area (Å²) < 4.78 is 11.1. The number of benzene rings is 3. The van der Waals surface area contributed by atoms with E-state index in [1.165, 1.54) is 6.07 Å². The topological polar surface area (TPSA) is 85.3 Å². The number of hydrogen-bond acceptors (Lipinski definition) is 5. The second-order valence-electron chi connectivity index (χ2n) is 7.01. The van der Waals surface area contributed by atoms with Crippen LogP contribution in [0.25, 0.3) is 33.5 Å². The molecule has 6 heteroatoms. The lowest BCUT2D eigenvalue weighted by molar-refractivity contribution is 0.102. The highest BCUT2D eigenvalue weighted by Crippen LogP contribution is 2.26. The quantitative estimate of drug-likeness (QED) is 0.426. The first-order chi connectivity index (χ1) is 14.6. The first-order valence-corrected chi connectivity index (χ1v) is 9.39. The lowest BCUT2D eigenvalue weighted by Gasteiger charge is -2.06. The van der Waals surface area contributed by atoms with Crippen molar-refractivity contribution < 1.29 is 13.6 Å². The lowest BCUT2D eigenvalue weighted by atomic mass is 10.1. The van der Waals surface area contributed by atoms with Crippen LogP contribution in [0.15, 0.2) is 86.4 Å². The number of carbonyl (C=O) groups excluding carboxylic acids is 1. The highest BCUT2D eigenvalue weighted by Gasteiger charge is 2.14. The van der Waals surface area contributed by atoms with Crippen molar-refractivity contribution in [2.75, 3.05) is 5.32 Å². The maximum atomic E-state index is 12.6. The van der Waals surface area contributed by atoms with Crippen LogP contribution in [0.2, 0.25) is 0 Å². The third-order valence-electron chi connectivity index (χ3n) is 4.82. The van der Waals surface area contributed by atoms with Gasteiger partial charge in [-0.2, -0.15) is 0 Å². The van der Waals surface area contributed by atoms with Crippen LogP contribution in [-0.4, -0.2) is 10.9 Å². The maximum absolute atomic E-state index is 12.6. The molecule has 5 rings (SSSR count). The third kappa shape index (κ3) is 3.24. The van der Waals surface area contributed by atoms with E-state index in [-0.39, 0.29) is 5.56 Å². The molecular weight excluding hydrogens is 380 g/mol. The van der Waals surface area contributed by atoms with Crippen LogP contribution >= 0.6 is 0 Å². The van der Waals surface area contributed by atoms with Gasteiger partial charge in [-0.05, 0) is 61.0 Å². The van der Waals surface area contributed by atoms with Crippen molar-refractivity contribution in [2.24, 2.45) is 0 Å². The summed E-state index contributed by atoms with van der Waals surface area (Å²) >= 11 is 0. The third-order valence-corrected chi connectivity index (χ3v) is 4.82. The van der Waals surface area contributed by atoms with Crippen molar-refractivity contribution in [3.63, 3.8) is 0 Å². The fraction of sp³-hybridized carbons (Fsp3) is 0.0417. The molecule has 0 unspecified atom stereocenters. The highest BCUT2D eigenvalue weighted by atomic mass is 16.4. The van der Waals surface area contributed by atoms with E-state index in [2.05, 4.69) is 10.3 Å². The summed E-state index contributed by atoms with van der Waals surface area (Å²) in [5.74, 6) is -0.0248. The summed E-state index contributed by atoms with van der Waals surface area (Å²) in [4.78, 5) is 29.2. The number of carbonyl (C=O) groups is 1. The summed E-state index contributed by atoms with van der Waals surface area (Å²) in [6, 6.07) is 21.5. The summed E-state index contributed by atoms with van der Waals surface area (Å²) in [6.07, 6.45) is 0. The van der Waals surface area contributed by atoms with E-state index in [1.807, 2.05) is 31.2 Å². The predicted octanol–water partition coefficient (Wildman–Crippen LogP) is 5.16. The molecule has 146 valence electrons. The SMILES string of the molecule is Cc1ccc2nc(-c3ccc(NC(=O)c4cc5ccccc5oc4=O)cc3)oc2c1. The molecule has 2 heterocycles. The van der Waals surface area contributed by atoms with E-state index in [0.717, 1.165) is 22.2 Å². The first-order valence-electron chi connectivity index (χ1n) is 9.39. The Bertz CT molecular complexity index is 1460. The average molecular weight is 396 g/mol. The Morgan fingerprint density at radius 1 is 0.900 bits per heavy atom. The Hall–Kier alpha value is -4.19. The molecule has 0 saturated heterocycles. The normalized spacial score (nSPS) is 11.1. The predicted molar refractivity (Wildman–Crippen MR) is 115 cm³/mol. The summed E-state index contributed by atoms with van der Waals surface area (Å²) in [7, 11) is 0. The molecule has 0 radical (unpaired) electrons. The van der Waals surface area contributed by atoms with E-state index in [0.29, 0.717) is 22.5 Å². The largest absolute Gasteiger partial charge is 0.436 e. The van der Waals surface area contributed by atoms with Crippen molar-refractivity contribution in [1.82, 2.24) is 4.98 Å². The lowest BCUT2D eigenvalue weighted by Crippen LogP contribution is -2.20. The van der Waals surface area contributed by atoms with Gasteiger partial charge in [-0.1, -0.05) is 24.3 Å². The van der Waals surface area contributed by atoms with Gasteiger partial charge in [0.1, 0.15) is 16.7 Å². The molecule has 0 bridgehead atoms. The van der Waals surface area contributed by atoms with Gasteiger partial charge in [-0.15, -0.1) is 0 Å². The summed E-state index contributed by atoms with van der Waals surface area (Å²) in [5.41, 5.74) is 3.66. The monoisotopic (exact) mass is 396 g/mol. The number of amides is 1. The van der Waals surface area contributed by atoms with Crippen LogP contribution in [0, 0.1) is 6.92 Å². The number of fused-ring (bicyclic) bond motifs is 2. The van der Waals surface area contributed by atoms with E-state index < -0.39 is 11.5 Å². The number of nitrogens with zero attached hydrogens (tertiary/aromatic N) is 1. The molecule has 0 atom stereocenters. The fourth-order valence-corrected chi connectivity index (χ4v) is 3.27. The minimum absolute atomic E-state index is 0.0490. The zero-order valence-electron chi connectivity index (χ0n) is 16.0. The molecule has 0 fully saturated rings. The van der Waals surface area contributed by atoms with Crippen LogP contribution in [-0.2, 0) is 0 Å². The van der Waals surface area contributed by atoms with Gasteiger partial charge in [0.15, 0.2) is 5.58 Å². The minimum atomic E-state index is -0.676. The number of aryl methyl sites for hydroxylation is 1. The van der Waals surface area contributed by atoms with Gasteiger partial charge < -0.3 is 14.2 Å². The minimum Gasteiger partial charge on any atom is -0.436 e. The van der Waals surface area contributed by atoms with Gasteiger partial charge in [-0.3, -0.25) is 4.79 Å². The summed E-state index contributed by atoms with van der Waals surface area (Å²) in [5, 5.41) is 3.41. The number of rotatable bonds is 3. The number of aromatic nitrogens is 1. The smallest absolute Gasteiger partial charge is 0.349 e. The van der Waals surface area contributed by atoms with E-state index >= 15 is 0 Å². The van der Waals surface area contributed by atoms with Gasteiger partial charge in [0.05, 0.1) is 0 Å². The zero-order valence-corrected chi connectivity index (χ0v) is 16.0. The van der Waals surface area contributed by atoms with E-state index in [1.54, 1.807) is 42.5 Å². The molecule has 0 aliphatic heterocycles. The molecule has 0 spiro atoms. The Labute approximate surface area is 170 Å². The van der Waals surface area contributed by atoms with Crippen molar-refractivity contribution in [1.29, 1.82) is 0 Å². The number of hydrogen-bond donors (Lipinski definition) is 1. The van der Waals surface area contributed by atoms with Gasteiger partial charge in [0, 0.05) is 16.6 Å². The summed E-state index contributed by atoms with van der Waals surface area (Å²) in [6.45, 7) is 2.00. The van der Waals surface area contributed by atoms with Crippen molar-refractivity contribution >= 4 is 33.7 Å². The van der Waals surface area contributed by atoms with Crippen LogP contribution < -0.4 is 10.9 Å². The standard InChI is InChI=1S/C24H16N2O4/c1-14-6-11-19-21(12-14)29-23(26-19)15-7-9-17(10-8-15)25-22(27)18-13-16-4-2-3-5-20(16)30-24(18)28/h2-13H,1H3,(H,25,27). The molecule has 0 aliphatic carbocycles. The highest BCUT2D eigenvalue weighted by molar-refractivity contribution is 6.05. The van der Waals surface area contributed by atoms with Crippen LogP contribution in [0.3, 0.4) is 0 Å². The average Bonchev–Trinajstić information content (AvgIpc) is 3.17. The van der Waals surface area contributed by atoms with E-state index in [9.17, 15) is 9.59 Å². The number of nitrogens with one attached hydrogen (secondary N) is 1. The van der Waals surface area contributed by atoms with Crippen molar-refractivity contribution in [2.45, 2.75) is 6.92 Å². The number of para-hydroxylation sites is 1. The fourth-order valence-electron chi connectivity index (χ4n) is 3.27. The molecule has 0 aliphatic rings. The second-order valence-corrected chi connectivity index (χ2v) is 7.01. The van der Waals surface area contributed by atoms with Gasteiger partial charge in [0.2, 0.25) is 5.89 Å². The molecule has 5 aromatic rings. The zero-order chi connectivity index (χ0) is 20.7.